The molecule has 0 aromatic heterocycles. The predicted octanol–water partition coefficient (Wildman–Crippen LogP) is 0.728. The van der Waals surface area contributed by atoms with Crippen molar-refractivity contribution in [1.29, 1.82) is 0 Å². The zero-order valence-corrected chi connectivity index (χ0v) is 7.25. The number of ether oxygens (including phenoxy) is 1. The third-order valence-corrected chi connectivity index (χ3v) is 2.31. The minimum absolute atomic E-state index is 0.612. The van der Waals surface area contributed by atoms with Gasteiger partial charge in [-0.05, 0) is 18.4 Å². The van der Waals surface area contributed by atoms with Crippen molar-refractivity contribution in [2.75, 3.05) is 31.8 Å². The Hall–Kier alpha value is 0.270. The molecule has 1 fully saturated rings. The minimum Gasteiger partial charge on any atom is -0.379 e. The van der Waals surface area contributed by atoms with Crippen LogP contribution in [0.15, 0.2) is 0 Å². The maximum Gasteiger partial charge on any atom is 0.0620 e. The molecular formula is C7H15NOS. The Labute approximate surface area is 66.7 Å². The van der Waals surface area contributed by atoms with E-state index in [1.54, 1.807) is 0 Å². The molecule has 0 amide bonds. The van der Waals surface area contributed by atoms with Crippen molar-refractivity contribution in [3.8, 4) is 0 Å². The predicted molar refractivity (Wildman–Crippen MR) is 45.6 cm³/mol. The van der Waals surface area contributed by atoms with Crippen LogP contribution in [0.25, 0.3) is 0 Å². The molecule has 0 aliphatic carbocycles. The molecule has 1 rings (SSSR count). The highest BCUT2D eigenvalue weighted by molar-refractivity contribution is 7.98. The van der Waals surface area contributed by atoms with Gasteiger partial charge in [-0.25, -0.2) is 0 Å². The second-order valence-corrected chi connectivity index (χ2v) is 3.49. The fourth-order valence-corrected chi connectivity index (χ4v) is 1.59. The van der Waals surface area contributed by atoms with E-state index in [4.69, 9.17) is 4.74 Å². The van der Waals surface area contributed by atoms with Crippen molar-refractivity contribution in [2.24, 2.45) is 0 Å². The van der Waals surface area contributed by atoms with Gasteiger partial charge in [-0.2, -0.15) is 11.8 Å². The van der Waals surface area contributed by atoms with Gasteiger partial charge >= 0.3 is 0 Å². The SMILES string of the molecule is CSCC[C@@H]1COCCN1. The van der Waals surface area contributed by atoms with Gasteiger partial charge < -0.3 is 10.1 Å². The molecule has 10 heavy (non-hydrogen) atoms. The van der Waals surface area contributed by atoms with Gasteiger partial charge in [0.2, 0.25) is 0 Å². The Morgan fingerprint density at radius 2 is 2.60 bits per heavy atom. The van der Waals surface area contributed by atoms with Crippen molar-refractivity contribution in [1.82, 2.24) is 5.32 Å². The van der Waals surface area contributed by atoms with E-state index in [0.717, 1.165) is 19.8 Å². The van der Waals surface area contributed by atoms with E-state index in [2.05, 4.69) is 11.6 Å². The van der Waals surface area contributed by atoms with E-state index in [9.17, 15) is 0 Å². The van der Waals surface area contributed by atoms with Crippen molar-refractivity contribution in [2.45, 2.75) is 12.5 Å². The maximum atomic E-state index is 5.31. The lowest BCUT2D eigenvalue weighted by Gasteiger charge is -2.23. The lowest BCUT2D eigenvalue weighted by Crippen LogP contribution is -2.41. The van der Waals surface area contributed by atoms with Gasteiger partial charge in [0.15, 0.2) is 0 Å². The first-order valence-electron chi connectivity index (χ1n) is 3.73. The summed E-state index contributed by atoms with van der Waals surface area (Å²) in [7, 11) is 0. The largest absolute Gasteiger partial charge is 0.379 e. The van der Waals surface area contributed by atoms with Crippen molar-refractivity contribution in [3.63, 3.8) is 0 Å². The van der Waals surface area contributed by atoms with Gasteiger partial charge in [-0.3, -0.25) is 0 Å². The normalized spacial score (nSPS) is 26.7. The van der Waals surface area contributed by atoms with Crippen LogP contribution in [-0.4, -0.2) is 37.8 Å². The summed E-state index contributed by atoms with van der Waals surface area (Å²) in [6.45, 7) is 2.81. The summed E-state index contributed by atoms with van der Waals surface area (Å²) in [6.07, 6.45) is 3.38. The molecule has 0 aromatic rings. The summed E-state index contributed by atoms with van der Waals surface area (Å²) in [4.78, 5) is 0. The molecule has 1 atom stereocenters. The molecule has 3 heteroatoms. The second kappa shape index (κ2) is 4.99. The van der Waals surface area contributed by atoms with E-state index < -0.39 is 0 Å². The van der Waals surface area contributed by atoms with E-state index in [-0.39, 0.29) is 0 Å². The Balaban J connectivity index is 2.02. The van der Waals surface area contributed by atoms with Crippen LogP contribution in [0.4, 0.5) is 0 Å². The maximum absolute atomic E-state index is 5.31. The Kier molecular flexibility index (Phi) is 4.18. The molecule has 1 saturated heterocycles. The average Bonchev–Trinajstić information content (AvgIpc) is 2.03. The van der Waals surface area contributed by atoms with E-state index >= 15 is 0 Å². The molecule has 1 aliphatic rings. The lowest BCUT2D eigenvalue weighted by molar-refractivity contribution is 0.0761. The van der Waals surface area contributed by atoms with Gasteiger partial charge in [0.1, 0.15) is 0 Å². The van der Waals surface area contributed by atoms with Crippen LogP contribution >= 0.6 is 11.8 Å². The van der Waals surface area contributed by atoms with Crippen LogP contribution in [0.1, 0.15) is 6.42 Å². The number of morpholine rings is 1. The first-order valence-corrected chi connectivity index (χ1v) is 5.13. The fourth-order valence-electron chi connectivity index (χ4n) is 1.07. The van der Waals surface area contributed by atoms with Crippen LogP contribution in [0.3, 0.4) is 0 Å². The van der Waals surface area contributed by atoms with E-state index in [0.29, 0.717) is 6.04 Å². The summed E-state index contributed by atoms with van der Waals surface area (Å²) in [6, 6.07) is 0.612. The van der Waals surface area contributed by atoms with Gasteiger partial charge in [0.25, 0.3) is 0 Å². The first kappa shape index (κ1) is 8.37. The summed E-state index contributed by atoms with van der Waals surface area (Å²) in [5.74, 6) is 1.24. The molecular weight excluding hydrogens is 146 g/mol. The topological polar surface area (TPSA) is 21.3 Å². The molecule has 0 radical (unpaired) electrons. The van der Waals surface area contributed by atoms with Crippen LogP contribution in [0.5, 0.6) is 0 Å². The molecule has 2 nitrogen and oxygen atoms in total. The number of hydrogen-bond acceptors (Lipinski definition) is 3. The van der Waals surface area contributed by atoms with Crippen molar-refractivity contribution in [3.05, 3.63) is 0 Å². The molecule has 1 aliphatic heterocycles. The highest BCUT2D eigenvalue weighted by Gasteiger charge is 2.11. The van der Waals surface area contributed by atoms with Gasteiger partial charge in [-0.15, -0.1) is 0 Å². The molecule has 0 unspecified atom stereocenters. The quantitative estimate of drug-likeness (QED) is 0.659. The Morgan fingerprint density at radius 1 is 1.70 bits per heavy atom. The minimum atomic E-state index is 0.612. The summed E-state index contributed by atoms with van der Waals surface area (Å²) < 4.78 is 5.31. The highest BCUT2D eigenvalue weighted by Crippen LogP contribution is 2.03. The first-order chi connectivity index (χ1) is 4.93. The second-order valence-electron chi connectivity index (χ2n) is 2.51. The van der Waals surface area contributed by atoms with Crippen LogP contribution < -0.4 is 5.32 Å². The molecule has 0 saturated carbocycles. The zero-order chi connectivity index (χ0) is 7.23. The smallest absolute Gasteiger partial charge is 0.0620 e. The van der Waals surface area contributed by atoms with Crippen LogP contribution in [0.2, 0.25) is 0 Å². The summed E-state index contributed by atoms with van der Waals surface area (Å²) >= 11 is 1.90. The number of thioether (sulfide) groups is 1. The molecule has 0 aromatic carbocycles. The molecule has 1 heterocycles. The Bertz CT molecular complexity index is 83.7. The molecule has 0 bridgehead atoms. The molecule has 60 valence electrons. The number of hydrogen-bond donors (Lipinski definition) is 1. The van der Waals surface area contributed by atoms with Gasteiger partial charge in [-0.1, -0.05) is 0 Å². The van der Waals surface area contributed by atoms with Gasteiger partial charge in [0, 0.05) is 12.6 Å². The summed E-state index contributed by atoms with van der Waals surface area (Å²) in [5, 5.41) is 3.42. The third kappa shape index (κ3) is 2.90. The van der Waals surface area contributed by atoms with Gasteiger partial charge in [0.05, 0.1) is 13.2 Å². The lowest BCUT2D eigenvalue weighted by atomic mass is 10.2. The third-order valence-electron chi connectivity index (χ3n) is 1.67. The number of rotatable bonds is 3. The van der Waals surface area contributed by atoms with Crippen LogP contribution in [0, 0.1) is 0 Å². The molecule has 0 spiro atoms. The Morgan fingerprint density at radius 3 is 3.20 bits per heavy atom. The van der Waals surface area contributed by atoms with E-state index in [1.807, 2.05) is 11.8 Å². The van der Waals surface area contributed by atoms with E-state index in [1.165, 1.54) is 12.2 Å². The average molecular weight is 161 g/mol. The van der Waals surface area contributed by atoms with Crippen molar-refractivity contribution >= 4 is 11.8 Å². The molecule has 1 N–H and O–H groups in total. The fraction of sp³-hybridized carbons (Fsp3) is 1.00. The van der Waals surface area contributed by atoms with Crippen LogP contribution in [-0.2, 0) is 4.74 Å². The zero-order valence-electron chi connectivity index (χ0n) is 6.43. The highest BCUT2D eigenvalue weighted by atomic mass is 32.2. The van der Waals surface area contributed by atoms with Crippen molar-refractivity contribution < 1.29 is 4.74 Å². The monoisotopic (exact) mass is 161 g/mol. The number of nitrogens with one attached hydrogen (secondary N) is 1. The standard InChI is InChI=1S/C7H15NOS/c1-10-5-2-7-6-9-4-3-8-7/h7-8H,2-6H2,1H3/t7-/m1/s1. The summed E-state index contributed by atoms with van der Waals surface area (Å²) in [5.41, 5.74) is 0.